The van der Waals surface area contributed by atoms with Gasteiger partial charge in [-0.25, -0.2) is 28.8 Å². The molecule has 0 aliphatic rings. The second-order valence-corrected chi connectivity index (χ2v) is 14.9. The Hall–Kier alpha value is -8.00. The number of hydrogen-bond donors (Lipinski definition) is 0. The number of esters is 6. The minimum Gasteiger partial charge on any atom is -0.494 e. The number of ether oxygens (including phenoxy) is 8. The minimum absolute atomic E-state index is 0.213. The van der Waals surface area contributed by atoms with Crippen LogP contribution in [0.1, 0.15) is 98.4 Å². The molecule has 5 aromatic rings. The van der Waals surface area contributed by atoms with Gasteiger partial charge < -0.3 is 37.9 Å². The molecule has 0 N–H and O–H groups in total. The first-order valence-corrected chi connectivity index (χ1v) is 21.7. The first-order valence-electron chi connectivity index (χ1n) is 21.7. The third-order valence-corrected chi connectivity index (χ3v) is 9.78. The molecule has 67 heavy (non-hydrogen) atoms. The van der Waals surface area contributed by atoms with Crippen LogP contribution in [-0.4, -0.2) is 62.2 Å². The minimum atomic E-state index is -0.653. The zero-order valence-corrected chi connectivity index (χ0v) is 37.2. The summed E-state index contributed by atoms with van der Waals surface area (Å²) in [5.41, 5.74) is 1.59. The summed E-state index contributed by atoms with van der Waals surface area (Å²) >= 11 is 0. The van der Waals surface area contributed by atoms with Gasteiger partial charge in [0, 0.05) is 12.2 Å². The number of carbonyl (C=O) groups is 6. The van der Waals surface area contributed by atoms with Crippen LogP contribution < -0.4 is 28.4 Å². The summed E-state index contributed by atoms with van der Waals surface area (Å²) in [4.78, 5) is 73.5. The van der Waals surface area contributed by atoms with Crippen molar-refractivity contribution in [2.24, 2.45) is 0 Å². The lowest BCUT2D eigenvalue weighted by Crippen LogP contribution is -2.11. The van der Waals surface area contributed by atoms with E-state index in [-0.39, 0.29) is 34.1 Å². The van der Waals surface area contributed by atoms with Crippen molar-refractivity contribution in [2.75, 3.05) is 26.4 Å². The molecule has 0 atom stereocenters. The van der Waals surface area contributed by atoms with Gasteiger partial charge in [-0.2, -0.15) is 0 Å². The molecule has 5 aromatic carbocycles. The van der Waals surface area contributed by atoms with Crippen molar-refractivity contribution in [3.8, 4) is 34.5 Å². The summed E-state index contributed by atoms with van der Waals surface area (Å²) in [7, 11) is 0. The molecule has 0 unspecified atom stereocenters. The maximum atomic E-state index is 13.0. The van der Waals surface area contributed by atoms with Gasteiger partial charge in [0.05, 0.1) is 48.7 Å². The first kappa shape index (κ1) is 50.0. The molecular weight excluding hydrogens is 861 g/mol. The van der Waals surface area contributed by atoms with E-state index in [4.69, 9.17) is 37.9 Å². The van der Waals surface area contributed by atoms with Crippen molar-refractivity contribution in [2.45, 2.75) is 58.3 Å². The van der Waals surface area contributed by atoms with E-state index in [1.165, 1.54) is 60.7 Å². The summed E-state index contributed by atoms with van der Waals surface area (Å²) in [6.45, 7) is 10.2. The molecule has 0 aliphatic heterocycles. The van der Waals surface area contributed by atoms with Gasteiger partial charge in [-0.1, -0.05) is 13.2 Å². The van der Waals surface area contributed by atoms with E-state index in [0.717, 1.165) is 63.5 Å². The van der Waals surface area contributed by atoms with Crippen LogP contribution >= 0.6 is 0 Å². The van der Waals surface area contributed by atoms with Gasteiger partial charge in [-0.3, -0.25) is 0 Å². The molecule has 0 amide bonds. The zero-order valence-electron chi connectivity index (χ0n) is 37.2. The molecule has 0 saturated heterocycles. The maximum Gasteiger partial charge on any atom is 0.343 e. The summed E-state index contributed by atoms with van der Waals surface area (Å²) in [6.07, 6.45) is 9.12. The SMILES string of the molecule is C=CC(=O)OCCCCCCOc1ccc(C(=O)Oc2ccc(C(=O)Oc3ccc(OC(=O)c4ccc(OC(=O)c5ccc(OCCCCCCOC(=O)C=C)cc5)cc4)c(C)c3)cc2)cc1. The number of benzene rings is 5. The number of hydrogen-bond acceptors (Lipinski definition) is 14. The highest BCUT2D eigenvalue weighted by atomic mass is 16.6. The summed E-state index contributed by atoms with van der Waals surface area (Å²) in [5, 5.41) is 0. The van der Waals surface area contributed by atoms with Gasteiger partial charge in [-0.15, -0.1) is 0 Å². The summed E-state index contributed by atoms with van der Waals surface area (Å²) in [5.74, 6) is -1.14. The Bertz CT molecular complexity index is 2460. The highest BCUT2D eigenvalue weighted by Gasteiger charge is 2.16. The first-order chi connectivity index (χ1) is 32.5. The Labute approximate surface area is 389 Å². The Balaban J connectivity index is 0.996. The second-order valence-electron chi connectivity index (χ2n) is 14.9. The lowest BCUT2D eigenvalue weighted by molar-refractivity contribution is -0.138. The topological polar surface area (TPSA) is 176 Å². The molecule has 14 nitrogen and oxygen atoms in total. The van der Waals surface area contributed by atoms with Crippen molar-refractivity contribution in [3.05, 3.63) is 168 Å². The Morgan fingerprint density at radius 3 is 1.06 bits per heavy atom. The van der Waals surface area contributed by atoms with E-state index in [0.29, 0.717) is 54.6 Å². The highest BCUT2D eigenvalue weighted by Crippen LogP contribution is 2.26. The highest BCUT2D eigenvalue weighted by molar-refractivity contribution is 5.94. The summed E-state index contributed by atoms with van der Waals surface area (Å²) in [6, 6.07) is 29.6. The molecule has 14 heteroatoms. The van der Waals surface area contributed by atoms with Crippen LogP contribution in [0, 0.1) is 6.92 Å². The molecule has 0 radical (unpaired) electrons. The van der Waals surface area contributed by atoms with Crippen LogP contribution in [0.25, 0.3) is 0 Å². The smallest absolute Gasteiger partial charge is 0.343 e. The van der Waals surface area contributed by atoms with E-state index in [1.807, 2.05) is 0 Å². The fourth-order valence-corrected chi connectivity index (χ4v) is 6.11. The lowest BCUT2D eigenvalue weighted by Gasteiger charge is -2.11. The van der Waals surface area contributed by atoms with Gasteiger partial charge >= 0.3 is 35.8 Å². The van der Waals surface area contributed by atoms with E-state index in [1.54, 1.807) is 61.5 Å². The van der Waals surface area contributed by atoms with Crippen LogP contribution in [0.4, 0.5) is 0 Å². The molecule has 0 heterocycles. The monoisotopic (exact) mass is 912 g/mol. The predicted molar refractivity (Wildman–Crippen MR) is 247 cm³/mol. The lowest BCUT2D eigenvalue weighted by atomic mass is 10.2. The van der Waals surface area contributed by atoms with Crippen LogP contribution in [-0.2, 0) is 19.1 Å². The fraction of sp³-hybridized carbons (Fsp3) is 0.245. The Morgan fingerprint density at radius 1 is 0.388 bits per heavy atom. The molecule has 0 fully saturated rings. The van der Waals surface area contributed by atoms with Crippen LogP contribution in [0.5, 0.6) is 34.5 Å². The number of carbonyl (C=O) groups excluding carboxylic acids is 6. The third-order valence-electron chi connectivity index (χ3n) is 9.78. The van der Waals surface area contributed by atoms with Crippen molar-refractivity contribution in [1.82, 2.24) is 0 Å². The van der Waals surface area contributed by atoms with E-state index in [9.17, 15) is 28.8 Å². The van der Waals surface area contributed by atoms with Gasteiger partial charge in [0.2, 0.25) is 0 Å². The van der Waals surface area contributed by atoms with Gasteiger partial charge in [0.25, 0.3) is 0 Å². The Morgan fingerprint density at radius 2 is 0.701 bits per heavy atom. The average Bonchev–Trinajstić information content (AvgIpc) is 3.34. The average molecular weight is 913 g/mol. The van der Waals surface area contributed by atoms with Crippen LogP contribution in [0.15, 0.2) is 141 Å². The molecule has 0 aliphatic carbocycles. The normalized spacial score (nSPS) is 10.5. The number of aryl methyl sites for hydroxylation is 1. The summed E-state index contributed by atoms with van der Waals surface area (Å²) < 4.78 is 43.5. The van der Waals surface area contributed by atoms with E-state index in [2.05, 4.69) is 13.2 Å². The molecule has 0 aromatic heterocycles. The van der Waals surface area contributed by atoms with Crippen molar-refractivity contribution in [3.63, 3.8) is 0 Å². The zero-order chi connectivity index (χ0) is 47.8. The largest absolute Gasteiger partial charge is 0.494 e. The van der Waals surface area contributed by atoms with E-state index < -0.39 is 35.8 Å². The quantitative estimate of drug-likeness (QED) is 0.0222. The Kier molecular flexibility index (Phi) is 19.9. The third kappa shape index (κ3) is 17.1. The predicted octanol–water partition coefficient (Wildman–Crippen LogP) is 10.2. The molecular formula is C53H52O14. The molecule has 0 spiro atoms. The fourth-order valence-electron chi connectivity index (χ4n) is 6.11. The second kappa shape index (κ2) is 26.7. The standard InChI is InChI=1S/C53H52O14/c1-4-48(54)62-34-12-8-6-10-32-60-42-22-14-38(15-23-42)50(56)64-44-26-18-40(19-27-44)52(58)66-46-30-31-47(37(3)36-46)67-53(59)41-20-28-45(29-21-41)65-51(57)39-16-24-43(25-17-39)61-33-11-7-9-13-35-63-49(55)5-2/h4-5,14-31,36H,1-2,6-13,32-35H2,3H3. The van der Waals surface area contributed by atoms with Gasteiger partial charge in [-0.05, 0) is 179 Å². The van der Waals surface area contributed by atoms with Crippen LogP contribution in [0.2, 0.25) is 0 Å². The van der Waals surface area contributed by atoms with Crippen molar-refractivity contribution >= 4 is 35.8 Å². The molecule has 5 rings (SSSR count). The molecule has 0 bridgehead atoms. The molecule has 0 saturated carbocycles. The van der Waals surface area contributed by atoms with Crippen molar-refractivity contribution < 1.29 is 66.7 Å². The number of unbranched alkanes of at least 4 members (excludes halogenated alkanes) is 6. The van der Waals surface area contributed by atoms with Gasteiger partial charge in [0.15, 0.2) is 0 Å². The maximum absolute atomic E-state index is 13.0. The number of rotatable bonds is 26. The molecule has 348 valence electrons. The van der Waals surface area contributed by atoms with Gasteiger partial charge in [0.1, 0.15) is 34.5 Å². The van der Waals surface area contributed by atoms with Crippen molar-refractivity contribution in [1.29, 1.82) is 0 Å². The van der Waals surface area contributed by atoms with E-state index >= 15 is 0 Å². The van der Waals surface area contributed by atoms with Crippen LogP contribution in [0.3, 0.4) is 0 Å².